The van der Waals surface area contributed by atoms with Crippen molar-refractivity contribution in [2.24, 2.45) is 0 Å². The molecule has 2 fully saturated rings. The minimum atomic E-state index is -1.82. The maximum absolute atomic E-state index is 9.10. The molecule has 0 spiro atoms. The van der Waals surface area contributed by atoms with Gasteiger partial charge in [-0.15, -0.1) is 0 Å². The summed E-state index contributed by atoms with van der Waals surface area (Å²) < 4.78 is 0. The van der Waals surface area contributed by atoms with E-state index in [4.69, 9.17) is 19.8 Å². The Morgan fingerprint density at radius 1 is 1.10 bits per heavy atom. The molecule has 21 heavy (non-hydrogen) atoms. The van der Waals surface area contributed by atoms with Gasteiger partial charge in [-0.2, -0.15) is 0 Å². The van der Waals surface area contributed by atoms with Crippen LogP contribution in [0, 0.1) is 0 Å². The number of carboxylic acids is 2. The van der Waals surface area contributed by atoms with Gasteiger partial charge in [0.25, 0.3) is 0 Å². The summed E-state index contributed by atoms with van der Waals surface area (Å²) in [4.78, 5) is 18.2. The minimum Gasteiger partial charge on any atom is -0.473 e. The van der Waals surface area contributed by atoms with Gasteiger partial charge in [0.2, 0.25) is 0 Å². The molecule has 2 aliphatic rings. The van der Waals surface area contributed by atoms with Crippen molar-refractivity contribution in [3.05, 3.63) is 35.9 Å². The molecule has 1 aliphatic carbocycles. The lowest BCUT2D eigenvalue weighted by molar-refractivity contribution is -0.159. The topological polar surface area (TPSA) is 86.6 Å². The second-order valence-corrected chi connectivity index (χ2v) is 5.75. The Bertz CT molecular complexity index is 490. The van der Waals surface area contributed by atoms with Gasteiger partial charge in [0, 0.05) is 6.04 Å². The highest BCUT2D eigenvalue weighted by Gasteiger charge is 2.41. The van der Waals surface area contributed by atoms with Crippen LogP contribution in [0.15, 0.2) is 30.3 Å². The van der Waals surface area contributed by atoms with Gasteiger partial charge in [0.05, 0.1) is 0 Å². The van der Waals surface area contributed by atoms with Gasteiger partial charge in [-0.05, 0) is 49.6 Å². The van der Waals surface area contributed by atoms with E-state index in [2.05, 4.69) is 35.6 Å². The van der Waals surface area contributed by atoms with Crippen molar-refractivity contribution in [3.8, 4) is 0 Å². The SMILES string of the molecule is O=C(O)C(=O)O.c1ccc(C23CCCNC(CC2)C3)cc1. The van der Waals surface area contributed by atoms with E-state index in [0.29, 0.717) is 5.41 Å². The van der Waals surface area contributed by atoms with Crippen LogP contribution in [0.2, 0.25) is 0 Å². The summed E-state index contributed by atoms with van der Waals surface area (Å²) in [5.41, 5.74) is 2.09. The number of aliphatic carboxylic acids is 2. The summed E-state index contributed by atoms with van der Waals surface area (Å²) in [5.74, 6) is -3.65. The number of nitrogens with one attached hydrogen (secondary N) is 1. The molecule has 3 rings (SSSR count). The highest BCUT2D eigenvalue weighted by atomic mass is 16.4. The fourth-order valence-electron chi connectivity index (χ4n) is 3.46. The molecule has 0 amide bonds. The van der Waals surface area contributed by atoms with E-state index in [1.54, 1.807) is 5.56 Å². The molecule has 1 heterocycles. The van der Waals surface area contributed by atoms with Crippen LogP contribution in [0.5, 0.6) is 0 Å². The van der Waals surface area contributed by atoms with Gasteiger partial charge >= 0.3 is 11.9 Å². The third-order valence-corrected chi connectivity index (χ3v) is 4.44. The third-order valence-electron chi connectivity index (χ3n) is 4.44. The van der Waals surface area contributed by atoms with E-state index in [1.165, 1.54) is 38.6 Å². The van der Waals surface area contributed by atoms with Gasteiger partial charge in [-0.25, -0.2) is 9.59 Å². The quantitative estimate of drug-likeness (QED) is 0.689. The Balaban J connectivity index is 0.000000232. The number of carboxylic acid groups (broad SMARTS) is 2. The first-order valence-electron chi connectivity index (χ1n) is 7.29. The van der Waals surface area contributed by atoms with Crippen LogP contribution in [0.3, 0.4) is 0 Å². The van der Waals surface area contributed by atoms with Crippen LogP contribution in [0.4, 0.5) is 0 Å². The molecule has 1 saturated heterocycles. The monoisotopic (exact) mass is 291 g/mol. The molecular weight excluding hydrogens is 270 g/mol. The van der Waals surface area contributed by atoms with Crippen LogP contribution < -0.4 is 5.32 Å². The average molecular weight is 291 g/mol. The van der Waals surface area contributed by atoms with Gasteiger partial charge in [-0.1, -0.05) is 30.3 Å². The van der Waals surface area contributed by atoms with E-state index >= 15 is 0 Å². The van der Waals surface area contributed by atoms with Crippen molar-refractivity contribution < 1.29 is 19.8 Å². The molecule has 1 aliphatic heterocycles. The average Bonchev–Trinajstić information content (AvgIpc) is 2.76. The minimum absolute atomic E-state index is 0.509. The number of hydrogen-bond donors (Lipinski definition) is 3. The smallest absolute Gasteiger partial charge is 0.414 e. The fraction of sp³-hybridized carbons (Fsp3) is 0.500. The molecule has 3 N–H and O–H groups in total. The molecule has 2 unspecified atom stereocenters. The molecule has 2 bridgehead atoms. The van der Waals surface area contributed by atoms with Crippen molar-refractivity contribution in [1.82, 2.24) is 5.32 Å². The zero-order valence-corrected chi connectivity index (χ0v) is 11.9. The van der Waals surface area contributed by atoms with Gasteiger partial charge < -0.3 is 15.5 Å². The Kier molecular flexibility index (Phi) is 4.96. The van der Waals surface area contributed by atoms with Crippen molar-refractivity contribution in [3.63, 3.8) is 0 Å². The van der Waals surface area contributed by atoms with E-state index < -0.39 is 11.9 Å². The Morgan fingerprint density at radius 3 is 2.38 bits per heavy atom. The van der Waals surface area contributed by atoms with E-state index in [1.807, 2.05) is 0 Å². The maximum atomic E-state index is 9.10. The largest absolute Gasteiger partial charge is 0.473 e. The molecular formula is C16H21NO4. The van der Waals surface area contributed by atoms with Crippen LogP contribution in [-0.2, 0) is 15.0 Å². The summed E-state index contributed by atoms with van der Waals surface area (Å²) in [6.45, 7) is 1.22. The molecule has 114 valence electrons. The van der Waals surface area contributed by atoms with Crippen LogP contribution in [0.1, 0.15) is 37.7 Å². The fourth-order valence-corrected chi connectivity index (χ4v) is 3.46. The molecule has 1 aromatic carbocycles. The summed E-state index contributed by atoms with van der Waals surface area (Å²) in [7, 11) is 0. The molecule has 1 saturated carbocycles. The first kappa shape index (κ1) is 15.5. The summed E-state index contributed by atoms with van der Waals surface area (Å²) in [5, 5.41) is 18.4. The standard InChI is InChI=1S/C14H19N.C2H2O4/c1-2-5-12(6-3-1)14-8-4-10-15-13(11-14)7-9-14;3-1(4)2(5)6/h1-3,5-6,13,15H,4,7-11H2;(H,3,4)(H,5,6). The number of hydrogen-bond acceptors (Lipinski definition) is 3. The lowest BCUT2D eigenvalue weighted by Gasteiger charge is -2.28. The normalized spacial score (nSPS) is 27.1. The van der Waals surface area contributed by atoms with E-state index in [-0.39, 0.29) is 0 Å². The summed E-state index contributed by atoms with van der Waals surface area (Å²) >= 11 is 0. The predicted molar refractivity (Wildman–Crippen MR) is 78.3 cm³/mol. The summed E-state index contributed by atoms with van der Waals surface area (Å²) in [6.07, 6.45) is 6.83. The number of benzene rings is 1. The molecule has 1 aromatic rings. The first-order valence-corrected chi connectivity index (χ1v) is 7.29. The van der Waals surface area contributed by atoms with Crippen LogP contribution in [-0.4, -0.2) is 34.7 Å². The van der Waals surface area contributed by atoms with Crippen molar-refractivity contribution >= 4 is 11.9 Å². The second-order valence-electron chi connectivity index (χ2n) is 5.75. The lowest BCUT2D eigenvalue weighted by atomic mass is 9.75. The third kappa shape index (κ3) is 3.82. The molecule has 5 nitrogen and oxygen atoms in total. The lowest BCUT2D eigenvalue weighted by Crippen LogP contribution is -2.26. The molecule has 0 radical (unpaired) electrons. The van der Waals surface area contributed by atoms with Gasteiger partial charge in [-0.3, -0.25) is 0 Å². The van der Waals surface area contributed by atoms with Crippen LogP contribution in [0.25, 0.3) is 0 Å². The van der Waals surface area contributed by atoms with E-state index in [9.17, 15) is 0 Å². The number of rotatable bonds is 1. The zero-order valence-electron chi connectivity index (χ0n) is 11.9. The maximum Gasteiger partial charge on any atom is 0.414 e. The first-order chi connectivity index (χ1) is 10.0. The second kappa shape index (κ2) is 6.72. The van der Waals surface area contributed by atoms with Crippen molar-refractivity contribution in [1.29, 1.82) is 0 Å². The van der Waals surface area contributed by atoms with Crippen molar-refractivity contribution in [2.45, 2.75) is 43.6 Å². The predicted octanol–water partition coefficient (Wildman–Crippen LogP) is 2.02. The Morgan fingerprint density at radius 2 is 1.76 bits per heavy atom. The zero-order chi connectivity index (χ0) is 15.3. The van der Waals surface area contributed by atoms with Gasteiger partial charge in [0.1, 0.15) is 0 Å². The Labute approximate surface area is 124 Å². The van der Waals surface area contributed by atoms with Crippen LogP contribution >= 0.6 is 0 Å². The number of fused-ring (bicyclic) bond motifs is 2. The summed E-state index contributed by atoms with van der Waals surface area (Å²) in [6, 6.07) is 11.9. The van der Waals surface area contributed by atoms with Gasteiger partial charge in [0.15, 0.2) is 0 Å². The highest BCUT2D eigenvalue weighted by molar-refractivity contribution is 6.27. The molecule has 2 atom stereocenters. The molecule has 5 heteroatoms. The highest BCUT2D eigenvalue weighted by Crippen LogP contribution is 2.45. The number of carbonyl (C=O) groups is 2. The Hall–Kier alpha value is -1.88. The van der Waals surface area contributed by atoms with E-state index in [0.717, 1.165) is 6.04 Å². The molecule has 0 aromatic heterocycles. The van der Waals surface area contributed by atoms with Crippen molar-refractivity contribution in [2.75, 3.05) is 6.54 Å².